The van der Waals surface area contributed by atoms with Gasteiger partial charge in [0, 0.05) is 0 Å². The average Bonchev–Trinajstić information content (AvgIpc) is 2.29. The maximum atomic E-state index is 11.6. The molecular formula is C13H19NO3. The zero-order chi connectivity index (χ0) is 12.7. The van der Waals surface area contributed by atoms with E-state index in [1.165, 1.54) is 0 Å². The second-order valence-electron chi connectivity index (χ2n) is 3.83. The van der Waals surface area contributed by atoms with Crippen LogP contribution in [0.15, 0.2) is 24.3 Å². The molecule has 1 aromatic rings. The van der Waals surface area contributed by atoms with E-state index in [2.05, 4.69) is 12.2 Å². The van der Waals surface area contributed by atoms with Crippen molar-refractivity contribution in [3.05, 3.63) is 24.3 Å². The van der Waals surface area contributed by atoms with Gasteiger partial charge in [0.25, 0.3) is 0 Å². The summed E-state index contributed by atoms with van der Waals surface area (Å²) < 4.78 is 10.3. The molecule has 0 unspecified atom stereocenters. The van der Waals surface area contributed by atoms with Crippen molar-refractivity contribution in [1.29, 1.82) is 0 Å². The van der Waals surface area contributed by atoms with Crippen LogP contribution in [-0.4, -0.2) is 19.3 Å². The summed E-state index contributed by atoms with van der Waals surface area (Å²) in [6.07, 6.45) is 1.33. The summed E-state index contributed by atoms with van der Waals surface area (Å²) in [7, 11) is 1.56. The fourth-order valence-electron chi connectivity index (χ4n) is 1.54. The van der Waals surface area contributed by atoms with E-state index in [0.717, 1.165) is 12.8 Å². The Morgan fingerprint density at radius 3 is 2.76 bits per heavy atom. The molecule has 94 valence electrons. The number of carbonyl (C=O) groups excluding carboxylic acids is 1. The third kappa shape index (κ3) is 4.34. The molecule has 0 fully saturated rings. The highest BCUT2D eigenvalue weighted by molar-refractivity contribution is 5.86. The predicted molar refractivity (Wildman–Crippen MR) is 67.5 cm³/mol. The molecule has 1 amide bonds. The minimum atomic E-state index is -0.449. The summed E-state index contributed by atoms with van der Waals surface area (Å²) in [6, 6.07) is 7.22. The Hall–Kier alpha value is -1.71. The largest absolute Gasteiger partial charge is 0.495 e. The minimum Gasteiger partial charge on any atom is -0.495 e. The minimum absolute atomic E-state index is 0.0743. The molecule has 1 atom stereocenters. The van der Waals surface area contributed by atoms with E-state index in [-0.39, 0.29) is 6.10 Å². The molecule has 0 saturated heterocycles. The molecule has 0 spiro atoms. The van der Waals surface area contributed by atoms with Crippen LogP contribution in [-0.2, 0) is 4.74 Å². The fourth-order valence-corrected chi connectivity index (χ4v) is 1.54. The lowest BCUT2D eigenvalue weighted by Crippen LogP contribution is -2.20. The maximum Gasteiger partial charge on any atom is 0.412 e. The second kappa shape index (κ2) is 6.78. The number of anilines is 1. The SMILES string of the molecule is CCC[C@H](C)OC(=O)Nc1ccccc1OC. The van der Waals surface area contributed by atoms with Gasteiger partial charge in [0.05, 0.1) is 12.8 Å². The van der Waals surface area contributed by atoms with Crippen molar-refractivity contribution in [3.8, 4) is 5.75 Å². The molecule has 0 bridgehead atoms. The lowest BCUT2D eigenvalue weighted by atomic mass is 10.2. The number of rotatable bonds is 5. The molecule has 0 aliphatic rings. The molecule has 0 aliphatic carbocycles. The molecule has 1 aromatic carbocycles. The van der Waals surface area contributed by atoms with E-state index in [4.69, 9.17) is 9.47 Å². The van der Waals surface area contributed by atoms with Crippen molar-refractivity contribution in [2.24, 2.45) is 0 Å². The number of amides is 1. The van der Waals surface area contributed by atoms with E-state index in [9.17, 15) is 4.79 Å². The van der Waals surface area contributed by atoms with E-state index < -0.39 is 6.09 Å². The van der Waals surface area contributed by atoms with Crippen LogP contribution in [0.5, 0.6) is 5.75 Å². The topological polar surface area (TPSA) is 47.6 Å². The quantitative estimate of drug-likeness (QED) is 0.853. The van der Waals surface area contributed by atoms with Gasteiger partial charge in [0.15, 0.2) is 0 Å². The third-order valence-electron chi connectivity index (χ3n) is 2.35. The summed E-state index contributed by atoms with van der Waals surface area (Å²) in [5.74, 6) is 0.618. The maximum absolute atomic E-state index is 11.6. The standard InChI is InChI=1S/C13H19NO3/c1-4-7-10(2)17-13(15)14-11-8-5-6-9-12(11)16-3/h5-6,8-10H,4,7H2,1-3H3,(H,14,15)/t10-/m0/s1. The van der Waals surface area contributed by atoms with Crippen molar-refractivity contribution in [3.63, 3.8) is 0 Å². The van der Waals surface area contributed by atoms with Crippen LogP contribution in [0.3, 0.4) is 0 Å². The van der Waals surface area contributed by atoms with Crippen molar-refractivity contribution in [2.75, 3.05) is 12.4 Å². The Morgan fingerprint density at radius 1 is 1.41 bits per heavy atom. The first-order chi connectivity index (χ1) is 8.17. The van der Waals surface area contributed by atoms with Crippen LogP contribution in [0.1, 0.15) is 26.7 Å². The third-order valence-corrected chi connectivity index (χ3v) is 2.35. The highest BCUT2D eigenvalue weighted by Gasteiger charge is 2.10. The number of carbonyl (C=O) groups is 1. The van der Waals surface area contributed by atoms with Crippen LogP contribution in [0.2, 0.25) is 0 Å². The van der Waals surface area contributed by atoms with Gasteiger partial charge in [-0.2, -0.15) is 0 Å². The number of hydrogen-bond acceptors (Lipinski definition) is 3. The number of benzene rings is 1. The first kappa shape index (κ1) is 13.4. The zero-order valence-corrected chi connectivity index (χ0v) is 10.5. The van der Waals surface area contributed by atoms with Gasteiger partial charge in [0.2, 0.25) is 0 Å². The van der Waals surface area contributed by atoms with E-state index in [1.807, 2.05) is 19.1 Å². The van der Waals surface area contributed by atoms with Gasteiger partial charge in [0.1, 0.15) is 11.9 Å². The summed E-state index contributed by atoms with van der Waals surface area (Å²) in [5, 5.41) is 2.66. The van der Waals surface area contributed by atoms with Crippen LogP contribution < -0.4 is 10.1 Å². The first-order valence-corrected chi connectivity index (χ1v) is 5.78. The molecule has 0 aromatic heterocycles. The Balaban J connectivity index is 2.55. The Labute approximate surface area is 102 Å². The van der Waals surface area contributed by atoms with Crippen molar-refractivity contribution >= 4 is 11.8 Å². The van der Waals surface area contributed by atoms with Gasteiger partial charge in [-0.25, -0.2) is 4.79 Å². The predicted octanol–water partition coefficient (Wildman–Crippen LogP) is 3.43. The van der Waals surface area contributed by atoms with Crippen molar-refractivity contribution in [1.82, 2.24) is 0 Å². The Bertz CT molecular complexity index is 365. The highest BCUT2D eigenvalue weighted by atomic mass is 16.6. The fraction of sp³-hybridized carbons (Fsp3) is 0.462. The van der Waals surface area contributed by atoms with Crippen LogP contribution in [0.25, 0.3) is 0 Å². The lowest BCUT2D eigenvalue weighted by molar-refractivity contribution is 0.115. The average molecular weight is 237 g/mol. The highest BCUT2D eigenvalue weighted by Crippen LogP contribution is 2.23. The van der Waals surface area contributed by atoms with Gasteiger partial charge >= 0.3 is 6.09 Å². The first-order valence-electron chi connectivity index (χ1n) is 5.78. The molecule has 0 saturated carbocycles. The molecule has 1 rings (SSSR count). The Morgan fingerprint density at radius 2 is 2.12 bits per heavy atom. The number of ether oxygens (including phenoxy) is 2. The molecule has 0 radical (unpaired) electrons. The van der Waals surface area contributed by atoms with E-state index >= 15 is 0 Å². The number of hydrogen-bond donors (Lipinski definition) is 1. The Kier molecular flexibility index (Phi) is 5.33. The number of methoxy groups -OCH3 is 1. The molecular weight excluding hydrogens is 218 g/mol. The van der Waals surface area contributed by atoms with Crippen molar-refractivity contribution in [2.45, 2.75) is 32.8 Å². The summed E-state index contributed by atoms with van der Waals surface area (Å²) in [6.45, 7) is 3.93. The zero-order valence-electron chi connectivity index (χ0n) is 10.5. The summed E-state index contributed by atoms with van der Waals surface area (Å²) in [4.78, 5) is 11.6. The van der Waals surface area contributed by atoms with Gasteiger partial charge in [-0.3, -0.25) is 5.32 Å². The van der Waals surface area contributed by atoms with E-state index in [0.29, 0.717) is 11.4 Å². The normalized spacial score (nSPS) is 11.7. The summed E-state index contributed by atoms with van der Waals surface area (Å²) in [5.41, 5.74) is 0.615. The lowest BCUT2D eigenvalue weighted by Gasteiger charge is -2.14. The van der Waals surface area contributed by atoms with Gasteiger partial charge in [-0.15, -0.1) is 0 Å². The van der Waals surface area contributed by atoms with E-state index in [1.54, 1.807) is 19.2 Å². The van der Waals surface area contributed by atoms with Crippen LogP contribution >= 0.6 is 0 Å². The van der Waals surface area contributed by atoms with Gasteiger partial charge in [-0.05, 0) is 25.5 Å². The molecule has 0 heterocycles. The van der Waals surface area contributed by atoms with Crippen molar-refractivity contribution < 1.29 is 14.3 Å². The molecule has 17 heavy (non-hydrogen) atoms. The molecule has 4 nitrogen and oxygen atoms in total. The number of nitrogens with one attached hydrogen (secondary N) is 1. The summed E-state index contributed by atoms with van der Waals surface area (Å²) >= 11 is 0. The van der Waals surface area contributed by atoms with Gasteiger partial charge < -0.3 is 9.47 Å². The molecule has 1 N–H and O–H groups in total. The monoisotopic (exact) mass is 237 g/mol. The van der Waals surface area contributed by atoms with Gasteiger partial charge in [-0.1, -0.05) is 25.5 Å². The number of para-hydroxylation sites is 2. The smallest absolute Gasteiger partial charge is 0.412 e. The molecule has 4 heteroatoms. The second-order valence-corrected chi connectivity index (χ2v) is 3.83. The van der Waals surface area contributed by atoms with Crippen LogP contribution in [0, 0.1) is 0 Å². The molecule has 0 aliphatic heterocycles. The van der Waals surface area contributed by atoms with Crippen LogP contribution in [0.4, 0.5) is 10.5 Å².